The highest BCUT2D eigenvalue weighted by molar-refractivity contribution is 7.93. The molecule has 0 unspecified atom stereocenters. The number of carbonyl (C=O) groups excluding carboxylic acids is 1. The molecule has 3 rings (SSSR count). The molecule has 0 saturated carbocycles. The van der Waals surface area contributed by atoms with Gasteiger partial charge in [-0.2, -0.15) is 5.10 Å². The van der Waals surface area contributed by atoms with E-state index >= 15 is 0 Å². The van der Waals surface area contributed by atoms with Crippen molar-refractivity contribution in [3.63, 3.8) is 0 Å². The van der Waals surface area contributed by atoms with Gasteiger partial charge in [0.05, 0.1) is 6.20 Å². The first-order valence-corrected chi connectivity index (χ1v) is 11.1. The SMILES string of the molecule is Cc1ccc(NS(=O)(=O)c2ccsc2C(=O)NCCCc2cnn(C)c2)cc1. The van der Waals surface area contributed by atoms with Crippen molar-refractivity contribution in [1.82, 2.24) is 15.1 Å². The molecule has 0 fully saturated rings. The average Bonchev–Trinajstić information content (AvgIpc) is 3.30. The molecule has 28 heavy (non-hydrogen) atoms. The summed E-state index contributed by atoms with van der Waals surface area (Å²) in [7, 11) is -1.98. The molecule has 0 saturated heterocycles. The molecule has 148 valence electrons. The van der Waals surface area contributed by atoms with E-state index in [-0.39, 0.29) is 15.7 Å². The number of hydrogen-bond acceptors (Lipinski definition) is 5. The van der Waals surface area contributed by atoms with Crippen molar-refractivity contribution >= 4 is 33.0 Å². The van der Waals surface area contributed by atoms with Crippen LogP contribution in [0.3, 0.4) is 0 Å². The van der Waals surface area contributed by atoms with E-state index in [0.717, 1.165) is 35.3 Å². The van der Waals surface area contributed by atoms with Gasteiger partial charge < -0.3 is 5.32 Å². The minimum absolute atomic E-state index is 0.0113. The van der Waals surface area contributed by atoms with Crippen LogP contribution in [0.2, 0.25) is 0 Å². The second kappa shape index (κ2) is 8.57. The molecular weight excluding hydrogens is 396 g/mol. The van der Waals surface area contributed by atoms with Gasteiger partial charge in [0.2, 0.25) is 0 Å². The number of anilines is 1. The van der Waals surface area contributed by atoms with Crippen molar-refractivity contribution in [2.75, 3.05) is 11.3 Å². The third-order valence-corrected chi connectivity index (χ3v) is 6.58. The van der Waals surface area contributed by atoms with Gasteiger partial charge in [-0.25, -0.2) is 8.42 Å². The Labute approximate surface area is 168 Å². The quantitative estimate of drug-likeness (QED) is 0.550. The zero-order valence-corrected chi connectivity index (χ0v) is 17.3. The second-order valence-electron chi connectivity index (χ2n) is 6.47. The molecule has 2 aromatic heterocycles. The van der Waals surface area contributed by atoms with Crippen LogP contribution in [0.1, 0.15) is 27.2 Å². The van der Waals surface area contributed by atoms with Crippen molar-refractivity contribution in [3.8, 4) is 0 Å². The number of hydrogen-bond donors (Lipinski definition) is 2. The number of carbonyl (C=O) groups is 1. The number of nitrogens with zero attached hydrogens (tertiary/aromatic N) is 2. The van der Waals surface area contributed by atoms with Gasteiger partial charge in [-0.05, 0) is 48.9 Å². The lowest BCUT2D eigenvalue weighted by Crippen LogP contribution is -2.26. The zero-order chi connectivity index (χ0) is 20.1. The summed E-state index contributed by atoms with van der Waals surface area (Å²) in [5, 5.41) is 8.51. The van der Waals surface area contributed by atoms with Crippen LogP contribution in [0.25, 0.3) is 0 Å². The summed E-state index contributed by atoms with van der Waals surface area (Å²) in [6.45, 7) is 2.38. The largest absolute Gasteiger partial charge is 0.351 e. The maximum atomic E-state index is 12.7. The van der Waals surface area contributed by atoms with Crippen LogP contribution in [0.15, 0.2) is 53.0 Å². The number of benzene rings is 1. The number of rotatable bonds is 8. The Hall–Kier alpha value is -2.65. The Morgan fingerprint density at radius 1 is 1.21 bits per heavy atom. The number of amides is 1. The number of sulfonamides is 1. The van der Waals surface area contributed by atoms with E-state index < -0.39 is 10.0 Å². The lowest BCUT2D eigenvalue weighted by atomic mass is 10.2. The van der Waals surface area contributed by atoms with E-state index in [1.54, 1.807) is 28.4 Å². The Bertz CT molecular complexity index is 1050. The number of aromatic nitrogens is 2. The van der Waals surface area contributed by atoms with E-state index in [4.69, 9.17) is 0 Å². The first-order chi connectivity index (χ1) is 13.3. The van der Waals surface area contributed by atoms with Gasteiger partial charge in [0, 0.05) is 25.5 Å². The van der Waals surface area contributed by atoms with Gasteiger partial charge in [0.1, 0.15) is 9.77 Å². The fraction of sp³-hybridized carbons (Fsp3) is 0.263. The van der Waals surface area contributed by atoms with Crippen LogP contribution in [0, 0.1) is 6.92 Å². The van der Waals surface area contributed by atoms with Crippen molar-refractivity contribution in [1.29, 1.82) is 0 Å². The molecule has 7 nitrogen and oxygen atoms in total. The van der Waals surface area contributed by atoms with Gasteiger partial charge in [-0.15, -0.1) is 11.3 Å². The normalized spacial score (nSPS) is 11.4. The smallest absolute Gasteiger partial charge is 0.263 e. The number of aryl methyl sites for hydroxylation is 3. The minimum atomic E-state index is -3.84. The van der Waals surface area contributed by atoms with E-state index in [0.29, 0.717) is 12.2 Å². The molecule has 1 amide bonds. The average molecular weight is 419 g/mol. The standard InChI is InChI=1S/C19H22N4O3S2/c1-14-5-7-16(8-6-14)22-28(25,26)17-9-11-27-18(17)19(24)20-10-3-4-15-12-21-23(2)13-15/h5-9,11-13,22H,3-4,10H2,1-2H3,(H,20,24). The predicted octanol–water partition coefficient (Wildman–Crippen LogP) is 2.95. The molecule has 0 aliphatic rings. The van der Waals surface area contributed by atoms with Crippen LogP contribution in [-0.4, -0.2) is 30.7 Å². The fourth-order valence-electron chi connectivity index (χ4n) is 2.68. The molecule has 9 heteroatoms. The van der Waals surface area contributed by atoms with Crippen LogP contribution in [-0.2, 0) is 23.5 Å². The summed E-state index contributed by atoms with van der Waals surface area (Å²) in [5.74, 6) is -0.384. The van der Waals surface area contributed by atoms with Gasteiger partial charge in [0.25, 0.3) is 15.9 Å². The van der Waals surface area contributed by atoms with Gasteiger partial charge in [0.15, 0.2) is 0 Å². The Kier molecular flexibility index (Phi) is 6.15. The fourth-order valence-corrected chi connectivity index (χ4v) is 5.09. The summed E-state index contributed by atoms with van der Waals surface area (Å²) in [6.07, 6.45) is 5.26. The van der Waals surface area contributed by atoms with E-state index in [1.807, 2.05) is 32.3 Å². The maximum absolute atomic E-state index is 12.7. The summed E-state index contributed by atoms with van der Waals surface area (Å²) in [6, 6.07) is 8.48. The minimum Gasteiger partial charge on any atom is -0.351 e. The Morgan fingerprint density at radius 3 is 2.64 bits per heavy atom. The molecule has 2 N–H and O–H groups in total. The third-order valence-electron chi connectivity index (χ3n) is 4.11. The topological polar surface area (TPSA) is 93.1 Å². The second-order valence-corrected chi connectivity index (χ2v) is 9.03. The van der Waals surface area contributed by atoms with Gasteiger partial charge >= 0.3 is 0 Å². The summed E-state index contributed by atoms with van der Waals surface area (Å²) >= 11 is 1.11. The van der Waals surface area contributed by atoms with Crippen molar-refractivity contribution in [2.45, 2.75) is 24.7 Å². The molecule has 0 bridgehead atoms. The molecule has 0 atom stereocenters. The maximum Gasteiger partial charge on any atom is 0.263 e. The van der Waals surface area contributed by atoms with E-state index in [2.05, 4.69) is 15.1 Å². The van der Waals surface area contributed by atoms with Gasteiger partial charge in [-0.3, -0.25) is 14.2 Å². The monoisotopic (exact) mass is 418 g/mol. The van der Waals surface area contributed by atoms with Crippen LogP contribution < -0.4 is 10.0 Å². The summed E-state index contributed by atoms with van der Waals surface area (Å²) in [4.78, 5) is 12.6. The predicted molar refractivity (Wildman–Crippen MR) is 110 cm³/mol. The Morgan fingerprint density at radius 2 is 1.96 bits per heavy atom. The lowest BCUT2D eigenvalue weighted by Gasteiger charge is -2.09. The first kappa shape index (κ1) is 20.1. The Balaban J connectivity index is 1.61. The highest BCUT2D eigenvalue weighted by Gasteiger charge is 2.24. The van der Waals surface area contributed by atoms with Crippen molar-refractivity contribution in [2.24, 2.45) is 7.05 Å². The number of nitrogens with one attached hydrogen (secondary N) is 2. The summed E-state index contributed by atoms with van der Waals surface area (Å²) < 4.78 is 29.7. The lowest BCUT2D eigenvalue weighted by molar-refractivity contribution is 0.0954. The molecule has 0 aliphatic heterocycles. The van der Waals surface area contributed by atoms with Crippen LogP contribution >= 0.6 is 11.3 Å². The molecule has 0 spiro atoms. The highest BCUT2D eigenvalue weighted by atomic mass is 32.2. The zero-order valence-electron chi connectivity index (χ0n) is 15.7. The van der Waals surface area contributed by atoms with E-state index in [1.165, 1.54) is 6.07 Å². The van der Waals surface area contributed by atoms with Gasteiger partial charge in [-0.1, -0.05) is 17.7 Å². The summed E-state index contributed by atoms with van der Waals surface area (Å²) in [5.41, 5.74) is 2.59. The van der Waals surface area contributed by atoms with Crippen molar-refractivity contribution in [3.05, 3.63) is 64.1 Å². The molecule has 0 radical (unpaired) electrons. The molecule has 0 aliphatic carbocycles. The van der Waals surface area contributed by atoms with Crippen molar-refractivity contribution < 1.29 is 13.2 Å². The molecule has 3 aromatic rings. The number of thiophene rings is 1. The van der Waals surface area contributed by atoms with E-state index in [9.17, 15) is 13.2 Å². The molecule has 1 aromatic carbocycles. The molecular formula is C19H22N4O3S2. The van der Waals surface area contributed by atoms with Crippen LogP contribution in [0.4, 0.5) is 5.69 Å². The molecule has 2 heterocycles. The third kappa shape index (κ3) is 4.99. The van der Waals surface area contributed by atoms with Crippen LogP contribution in [0.5, 0.6) is 0 Å². The highest BCUT2D eigenvalue weighted by Crippen LogP contribution is 2.24. The first-order valence-electron chi connectivity index (χ1n) is 8.78.